The SMILES string of the molecule is NC(N)=NCCC[C@H](N)C(=O)O.NS(=O)(=O)O. The molecule has 0 rings (SSSR count). The van der Waals surface area contributed by atoms with Crippen molar-refractivity contribution in [1.29, 1.82) is 0 Å². The van der Waals surface area contributed by atoms with Gasteiger partial charge in [0.15, 0.2) is 5.96 Å². The van der Waals surface area contributed by atoms with Crippen LogP contribution >= 0.6 is 0 Å². The molecule has 0 aliphatic heterocycles. The summed E-state index contributed by atoms with van der Waals surface area (Å²) < 4.78 is 25.2. The van der Waals surface area contributed by atoms with E-state index in [2.05, 4.69) is 10.1 Å². The van der Waals surface area contributed by atoms with Crippen molar-refractivity contribution >= 4 is 22.2 Å². The van der Waals surface area contributed by atoms with Gasteiger partial charge in [-0.2, -0.15) is 8.42 Å². The Morgan fingerprint density at radius 1 is 1.35 bits per heavy atom. The third-order valence-corrected chi connectivity index (χ3v) is 1.28. The highest BCUT2D eigenvalue weighted by Gasteiger charge is 2.09. The highest BCUT2D eigenvalue weighted by molar-refractivity contribution is 7.83. The van der Waals surface area contributed by atoms with E-state index in [4.69, 9.17) is 35.3 Å². The molecule has 0 unspecified atom stereocenters. The maximum atomic E-state index is 10.2. The van der Waals surface area contributed by atoms with E-state index < -0.39 is 22.3 Å². The second-order valence-corrected chi connectivity index (χ2v) is 3.94. The Bertz CT molecular complexity index is 342. The molecule has 0 heterocycles. The third-order valence-electron chi connectivity index (χ3n) is 1.28. The Labute approximate surface area is 98.5 Å². The number of carboxylic acids is 1. The Morgan fingerprint density at radius 3 is 2.06 bits per heavy atom. The molecule has 0 saturated heterocycles. The van der Waals surface area contributed by atoms with E-state index in [0.717, 1.165) is 0 Å². The van der Waals surface area contributed by atoms with Gasteiger partial charge in [0.25, 0.3) is 0 Å². The first-order chi connectivity index (χ1) is 7.54. The van der Waals surface area contributed by atoms with Crippen molar-refractivity contribution in [3.8, 4) is 0 Å². The van der Waals surface area contributed by atoms with Crippen molar-refractivity contribution < 1.29 is 22.9 Å². The van der Waals surface area contributed by atoms with Gasteiger partial charge >= 0.3 is 16.3 Å². The van der Waals surface area contributed by atoms with Gasteiger partial charge in [-0.15, -0.1) is 0 Å². The number of nitrogens with two attached hydrogens (primary N) is 4. The standard InChI is InChI=1S/C6H14N4O2.H3NO3S/c7-4(5(11)12)2-1-3-10-6(8)9;1-5(2,3)4/h4H,1-3,7H2,(H,11,12)(H4,8,9,10);(H3,1,2,3,4)/t4-;/m0./s1. The third kappa shape index (κ3) is 25.1. The van der Waals surface area contributed by atoms with Gasteiger partial charge in [-0.1, -0.05) is 0 Å². The van der Waals surface area contributed by atoms with Crippen molar-refractivity contribution in [2.45, 2.75) is 18.9 Å². The summed E-state index contributed by atoms with van der Waals surface area (Å²) in [7, 11) is -4.17. The summed E-state index contributed by atoms with van der Waals surface area (Å²) in [5.41, 5.74) is 15.3. The van der Waals surface area contributed by atoms with Crippen LogP contribution in [0.15, 0.2) is 4.99 Å². The quantitative estimate of drug-likeness (QED) is 0.133. The van der Waals surface area contributed by atoms with Crippen molar-refractivity contribution in [3.05, 3.63) is 0 Å². The molecular weight excluding hydrogens is 254 g/mol. The fourth-order valence-electron chi connectivity index (χ4n) is 0.643. The number of carboxylic acid groups (broad SMARTS) is 1. The summed E-state index contributed by atoms with van der Waals surface area (Å²) in [6.07, 6.45) is 0.956. The first-order valence-electron chi connectivity index (χ1n) is 4.33. The lowest BCUT2D eigenvalue weighted by Crippen LogP contribution is -2.30. The Morgan fingerprint density at radius 2 is 1.76 bits per heavy atom. The highest BCUT2D eigenvalue weighted by Crippen LogP contribution is 1.94. The molecule has 0 aliphatic carbocycles. The molecule has 0 radical (unpaired) electrons. The lowest BCUT2D eigenvalue weighted by atomic mass is 10.2. The normalized spacial score (nSPS) is 11.9. The number of nitrogens with zero attached hydrogens (tertiary/aromatic N) is 1. The molecular formula is C6H17N5O5S. The number of rotatable bonds is 5. The number of aliphatic imine (C=N–C) groups is 1. The predicted molar refractivity (Wildman–Crippen MR) is 61.3 cm³/mol. The average molecular weight is 271 g/mol. The van der Waals surface area contributed by atoms with Gasteiger partial charge in [-0.3, -0.25) is 14.3 Å². The molecule has 0 aromatic rings. The topological polar surface area (TPSA) is 208 Å². The molecule has 102 valence electrons. The van der Waals surface area contributed by atoms with E-state index in [9.17, 15) is 4.79 Å². The van der Waals surface area contributed by atoms with Gasteiger partial charge < -0.3 is 22.3 Å². The number of hydrogen-bond donors (Lipinski definition) is 6. The molecule has 0 aliphatic rings. The second kappa shape index (κ2) is 8.69. The first kappa shape index (κ1) is 17.9. The zero-order chi connectivity index (χ0) is 14.1. The second-order valence-electron chi connectivity index (χ2n) is 2.91. The van der Waals surface area contributed by atoms with Crippen molar-refractivity contribution in [1.82, 2.24) is 0 Å². The molecule has 10 N–H and O–H groups in total. The van der Waals surface area contributed by atoms with Crippen LogP contribution in [0.4, 0.5) is 0 Å². The van der Waals surface area contributed by atoms with Crippen molar-refractivity contribution in [2.75, 3.05) is 6.54 Å². The van der Waals surface area contributed by atoms with Crippen LogP contribution in [-0.2, 0) is 15.1 Å². The summed E-state index contributed by atoms with van der Waals surface area (Å²) in [5.74, 6) is -0.987. The molecule has 0 spiro atoms. The van der Waals surface area contributed by atoms with E-state index in [0.29, 0.717) is 19.4 Å². The summed E-state index contributed by atoms with van der Waals surface area (Å²) in [6.45, 7) is 0.420. The molecule has 17 heavy (non-hydrogen) atoms. The van der Waals surface area contributed by atoms with E-state index in [1.165, 1.54) is 0 Å². The van der Waals surface area contributed by atoms with Crippen LogP contribution in [0.2, 0.25) is 0 Å². The fraction of sp³-hybridized carbons (Fsp3) is 0.667. The van der Waals surface area contributed by atoms with Gasteiger partial charge in [0.05, 0.1) is 0 Å². The van der Waals surface area contributed by atoms with Gasteiger partial charge in [0, 0.05) is 6.54 Å². The summed E-state index contributed by atoms with van der Waals surface area (Å²) in [5, 5.41) is 12.3. The van der Waals surface area contributed by atoms with Gasteiger partial charge in [-0.25, -0.2) is 5.14 Å². The Balaban J connectivity index is 0. The zero-order valence-electron chi connectivity index (χ0n) is 8.98. The van der Waals surface area contributed by atoms with E-state index in [1.807, 2.05) is 0 Å². The monoisotopic (exact) mass is 271 g/mol. The summed E-state index contributed by atoms with van der Waals surface area (Å²) in [6, 6.07) is -0.820. The average Bonchev–Trinajstić information content (AvgIpc) is 2.08. The van der Waals surface area contributed by atoms with Crippen LogP contribution in [0.3, 0.4) is 0 Å². The minimum Gasteiger partial charge on any atom is -0.480 e. The van der Waals surface area contributed by atoms with Gasteiger partial charge in [0.1, 0.15) is 6.04 Å². The molecule has 10 nitrogen and oxygen atoms in total. The van der Waals surface area contributed by atoms with E-state index in [-0.39, 0.29) is 5.96 Å². The molecule has 0 amide bonds. The minimum absolute atomic E-state index is 0.0129. The molecule has 0 aromatic heterocycles. The molecule has 11 heteroatoms. The number of guanidine groups is 1. The molecule has 1 atom stereocenters. The van der Waals surface area contributed by atoms with Gasteiger partial charge in [0.2, 0.25) is 0 Å². The van der Waals surface area contributed by atoms with Crippen LogP contribution in [0.25, 0.3) is 0 Å². The molecule has 0 aromatic carbocycles. The lowest BCUT2D eigenvalue weighted by molar-refractivity contribution is -0.138. The minimum atomic E-state index is -4.17. The van der Waals surface area contributed by atoms with E-state index in [1.54, 1.807) is 0 Å². The molecule has 0 fully saturated rings. The molecule has 0 bridgehead atoms. The predicted octanol–water partition coefficient (Wildman–Crippen LogP) is -2.80. The zero-order valence-corrected chi connectivity index (χ0v) is 9.80. The number of aliphatic carboxylic acids is 1. The lowest BCUT2D eigenvalue weighted by Gasteiger charge is -2.03. The van der Waals surface area contributed by atoms with Crippen molar-refractivity contribution in [2.24, 2.45) is 27.3 Å². The van der Waals surface area contributed by atoms with Crippen LogP contribution in [0.5, 0.6) is 0 Å². The Kier molecular flexibility index (Phi) is 9.18. The van der Waals surface area contributed by atoms with E-state index >= 15 is 0 Å². The number of carbonyl (C=O) groups is 1. The number of hydrogen-bond acceptors (Lipinski definition) is 5. The fourth-order valence-corrected chi connectivity index (χ4v) is 0.643. The van der Waals surface area contributed by atoms with Crippen LogP contribution in [0, 0.1) is 0 Å². The van der Waals surface area contributed by atoms with Gasteiger partial charge in [-0.05, 0) is 12.8 Å². The highest BCUT2D eigenvalue weighted by atomic mass is 32.2. The molecule has 0 saturated carbocycles. The van der Waals surface area contributed by atoms with Crippen molar-refractivity contribution in [3.63, 3.8) is 0 Å². The maximum absolute atomic E-state index is 10.2. The smallest absolute Gasteiger partial charge is 0.330 e. The largest absolute Gasteiger partial charge is 0.480 e. The first-order valence-corrected chi connectivity index (χ1v) is 5.83. The van der Waals surface area contributed by atoms with Crippen LogP contribution < -0.4 is 22.3 Å². The summed E-state index contributed by atoms with van der Waals surface area (Å²) >= 11 is 0. The maximum Gasteiger partial charge on any atom is 0.330 e. The summed E-state index contributed by atoms with van der Waals surface area (Å²) in [4.78, 5) is 13.9. The van der Waals surface area contributed by atoms with Crippen LogP contribution in [0.1, 0.15) is 12.8 Å². The Hall–Kier alpha value is -1.43. The van der Waals surface area contributed by atoms with Crippen LogP contribution in [-0.4, -0.2) is 42.6 Å².